The zero-order valence-electron chi connectivity index (χ0n) is 12.4. The fourth-order valence-electron chi connectivity index (χ4n) is 2.05. The van der Waals surface area contributed by atoms with Gasteiger partial charge in [0, 0.05) is 19.0 Å². The van der Waals surface area contributed by atoms with Crippen LogP contribution in [0.2, 0.25) is 0 Å². The topological polar surface area (TPSA) is 34.4 Å². The van der Waals surface area contributed by atoms with E-state index in [1.807, 2.05) is 38.1 Å². The van der Waals surface area contributed by atoms with Crippen LogP contribution in [0.15, 0.2) is 47.1 Å². The Labute approximate surface area is 121 Å². The van der Waals surface area contributed by atoms with Gasteiger partial charge in [-0.1, -0.05) is 12.1 Å². The van der Waals surface area contributed by atoms with Crippen molar-refractivity contribution >= 4 is 0 Å². The first-order valence-corrected chi connectivity index (χ1v) is 7.15. The van der Waals surface area contributed by atoms with E-state index in [9.17, 15) is 0 Å². The van der Waals surface area contributed by atoms with Crippen LogP contribution in [0.1, 0.15) is 32.1 Å². The van der Waals surface area contributed by atoms with Crippen molar-refractivity contribution in [3.05, 3.63) is 54.0 Å². The zero-order valence-corrected chi connectivity index (χ0v) is 12.4. The van der Waals surface area contributed by atoms with E-state index in [1.54, 1.807) is 6.26 Å². The normalized spacial score (nSPS) is 12.6. The van der Waals surface area contributed by atoms with Crippen molar-refractivity contribution in [2.75, 3.05) is 0 Å². The predicted molar refractivity (Wildman–Crippen MR) is 80.9 cm³/mol. The highest BCUT2D eigenvalue weighted by Crippen LogP contribution is 2.14. The molecule has 3 heteroatoms. The Bertz CT molecular complexity index is 488. The van der Waals surface area contributed by atoms with Gasteiger partial charge in [-0.15, -0.1) is 0 Å². The van der Waals surface area contributed by atoms with Gasteiger partial charge in [0.05, 0.1) is 12.4 Å². The molecule has 0 saturated carbocycles. The number of ether oxygens (including phenoxy) is 1. The molecule has 0 spiro atoms. The molecule has 3 nitrogen and oxygen atoms in total. The lowest BCUT2D eigenvalue weighted by atomic mass is 10.1. The average Bonchev–Trinajstić information content (AvgIpc) is 2.90. The molecule has 2 aromatic rings. The summed E-state index contributed by atoms with van der Waals surface area (Å²) in [5.74, 6) is 1.94. The number of benzene rings is 1. The van der Waals surface area contributed by atoms with Gasteiger partial charge in [0.15, 0.2) is 0 Å². The zero-order chi connectivity index (χ0) is 14.4. The first-order valence-electron chi connectivity index (χ1n) is 7.15. The van der Waals surface area contributed by atoms with E-state index in [0.717, 1.165) is 24.5 Å². The molecule has 1 aromatic heterocycles. The van der Waals surface area contributed by atoms with Crippen molar-refractivity contribution in [2.45, 2.75) is 45.9 Å². The standard InChI is InChI=1S/C17H23NO2/c1-13(2)20-16-8-6-15(7-9-16)12-18-14(3)11-17-5-4-10-19-17/h4-10,13-14,18H,11-12H2,1-3H3. The molecule has 0 aliphatic heterocycles. The summed E-state index contributed by atoms with van der Waals surface area (Å²) in [7, 11) is 0. The summed E-state index contributed by atoms with van der Waals surface area (Å²) in [6.45, 7) is 7.08. The highest BCUT2D eigenvalue weighted by Gasteiger charge is 2.05. The fraction of sp³-hybridized carbons (Fsp3) is 0.412. The van der Waals surface area contributed by atoms with Crippen LogP contribution in [0.5, 0.6) is 5.75 Å². The summed E-state index contributed by atoms with van der Waals surface area (Å²) in [6, 6.07) is 12.6. The first-order chi connectivity index (χ1) is 9.63. The molecule has 0 fully saturated rings. The lowest BCUT2D eigenvalue weighted by Crippen LogP contribution is -2.27. The molecule has 1 N–H and O–H groups in total. The predicted octanol–water partition coefficient (Wildman–Crippen LogP) is 3.79. The van der Waals surface area contributed by atoms with Crippen LogP contribution in [0.25, 0.3) is 0 Å². The van der Waals surface area contributed by atoms with Crippen LogP contribution in [0, 0.1) is 0 Å². The van der Waals surface area contributed by atoms with E-state index < -0.39 is 0 Å². The Kier molecular flexibility index (Phi) is 5.24. The number of hydrogen-bond donors (Lipinski definition) is 1. The van der Waals surface area contributed by atoms with Crippen molar-refractivity contribution in [1.29, 1.82) is 0 Å². The second-order valence-electron chi connectivity index (χ2n) is 5.38. The van der Waals surface area contributed by atoms with Crippen molar-refractivity contribution in [2.24, 2.45) is 0 Å². The third-order valence-electron chi connectivity index (χ3n) is 3.04. The van der Waals surface area contributed by atoms with Crippen LogP contribution in [-0.4, -0.2) is 12.1 Å². The molecule has 0 bridgehead atoms. The summed E-state index contributed by atoms with van der Waals surface area (Å²) in [4.78, 5) is 0. The summed E-state index contributed by atoms with van der Waals surface area (Å²) < 4.78 is 11.0. The van der Waals surface area contributed by atoms with Crippen molar-refractivity contribution in [3.8, 4) is 5.75 Å². The minimum atomic E-state index is 0.215. The molecule has 0 aliphatic carbocycles. The minimum absolute atomic E-state index is 0.215. The van der Waals surface area contributed by atoms with E-state index in [0.29, 0.717) is 6.04 Å². The van der Waals surface area contributed by atoms with Gasteiger partial charge in [-0.05, 0) is 50.6 Å². The quantitative estimate of drug-likeness (QED) is 0.833. The Morgan fingerprint density at radius 3 is 2.45 bits per heavy atom. The van der Waals surface area contributed by atoms with Gasteiger partial charge in [0.1, 0.15) is 11.5 Å². The maximum absolute atomic E-state index is 5.63. The molecule has 1 unspecified atom stereocenters. The van der Waals surface area contributed by atoms with E-state index in [-0.39, 0.29) is 6.10 Å². The third-order valence-corrected chi connectivity index (χ3v) is 3.04. The summed E-state index contributed by atoms with van der Waals surface area (Å²) in [6.07, 6.45) is 2.84. The second kappa shape index (κ2) is 7.15. The maximum Gasteiger partial charge on any atom is 0.119 e. The van der Waals surface area contributed by atoms with E-state index in [1.165, 1.54) is 5.56 Å². The molecule has 0 radical (unpaired) electrons. The molecule has 1 heterocycles. The van der Waals surface area contributed by atoms with Gasteiger partial charge in [0.25, 0.3) is 0 Å². The Morgan fingerprint density at radius 2 is 1.85 bits per heavy atom. The van der Waals surface area contributed by atoms with Crippen LogP contribution in [0.4, 0.5) is 0 Å². The van der Waals surface area contributed by atoms with Crippen LogP contribution in [-0.2, 0) is 13.0 Å². The third kappa shape index (κ3) is 4.74. The first kappa shape index (κ1) is 14.7. The van der Waals surface area contributed by atoms with Gasteiger partial charge >= 0.3 is 0 Å². The van der Waals surface area contributed by atoms with Crippen molar-refractivity contribution in [3.63, 3.8) is 0 Å². The smallest absolute Gasteiger partial charge is 0.119 e. The number of nitrogens with one attached hydrogen (secondary N) is 1. The molecule has 0 amide bonds. The number of furan rings is 1. The fourth-order valence-corrected chi connectivity index (χ4v) is 2.05. The molecule has 20 heavy (non-hydrogen) atoms. The van der Waals surface area contributed by atoms with Crippen LogP contribution in [0.3, 0.4) is 0 Å². The summed E-state index contributed by atoms with van der Waals surface area (Å²) in [5.41, 5.74) is 1.26. The Morgan fingerprint density at radius 1 is 1.10 bits per heavy atom. The summed E-state index contributed by atoms with van der Waals surface area (Å²) >= 11 is 0. The maximum atomic E-state index is 5.63. The SMILES string of the molecule is CC(Cc1ccco1)NCc1ccc(OC(C)C)cc1. The lowest BCUT2D eigenvalue weighted by Gasteiger charge is -2.13. The summed E-state index contributed by atoms with van der Waals surface area (Å²) in [5, 5.41) is 3.50. The van der Waals surface area contributed by atoms with Crippen LogP contribution >= 0.6 is 0 Å². The molecule has 2 rings (SSSR count). The van der Waals surface area contributed by atoms with Gasteiger partial charge in [-0.2, -0.15) is 0 Å². The Hall–Kier alpha value is -1.74. The van der Waals surface area contributed by atoms with Gasteiger partial charge < -0.3 is 14.5 Å². The minimum Gasteiger partial charge on any atom is -0.491 e. The average molecular weight is 273 g/mol. The van der Waals surface area contributed by atoms with Crippen molar-refractivity contribution < 1.29 is 9.15 Å². The van der Waals surface area contributed by atoms with E-state index >= 15 is 0 Å². The van der Waals surface area contributed by atoms with Crippen LogP contribution < -0.4 is 10.1 Å². The van der Waals surface area contributed by atoms with E-state index in [4.69, 9.17) is 9.15 Å². The lowest BCUT2D eigenvalue weighted by molar-refractivity contribution is 0.242. The van der Waals surface area contributed by atoms with Crippen molar-refractivity contribution in [1.82, 2.24) is 5.32 Å². The monoisotopic (exact) mass is 273 g/mol. The Balaban J connectivity index is 1.78. The molecular weight excluding hydrogens is 250 g/mol. The molecule has 108 valence electrons. The van der Waals surface area contributed by atoms with Gasteiger partial charge in [-0.25, -0.2) is 0 Å². The largest absolute Gasteiger partial charge is 0.491 e. The number of rotatable bonds is 7. The molecule has 0 aliphatic rings. The van der Waals surface area contributed by atoms with E-state index in [2.05, 4.69) is 24.4 Å². The molecule has 1 atom stereocenters. The molecular formula is C17H23NO2. The molecule has 1 aromatic carbocycles. The van der Waals surface area contributed by atoms with Gasteiger partial charge in [0.2, 0.25) is 0 Å². The highest BCUT2D eigenvalue weighted by atomic mass is 16.5. The molecule has 0 saturated heterocycles. The van der Waals surface area contributed by atoms with Gasteiger partial charge in [-0.3, -0.25) is 0 Å². The second-order valence-corrected chi connectivity index (χ2v) is 5.38. The number of hydrogen-bond acceptors (Lipinski definition) is 3. The highest BCUT2D eigenvalue weighted by molar-refractivity contribution is 5.27.